The molecule has 0 heterocycles. The highest BCUT2D eigenvalue weighted by Crippen LogP contribution is 2.34. The van der Waals surface area contributed by atoms with Crippen LogP contribution < -0.4 is 0 Å². The first-order valence-electron chi connectivity index (χ1n) is 8.77. The van der Waals surface area contributed by atoms with Crippen LogP contribution in [-0.4, -0.2) is 21.4 Å². The summed E-state index contributed by atoms with van der Waals surface area (Å²) in [7, 11) is 0. The van der Waals surface area contributed by atoms with Gasteiger partial charge in [0.1, 0.15) is 0 Å². The molecule has 2 N–H and O–H groups in total. The van der Waals surface area contributed by atoms with Crippen LogP contribution in [0, 0.1) is 11.8 Å². The van der Waals surface area contributed by atoms with Crippen molar-refractivity contribution in [1.29, 1.82) is 0 Å². The van der Waals surface area contributed by atoms with Gasteiger partial charge in [0.15, 0.2) is 0 Å². The molecule has 1 unspecified atom stereocenters. The fraction of sp³-hybridized carbons (Fsp3) is 0.800. The summed E-state index contributed by atoms with van der Waals surface area (Å²) in [5.74, 6) is 1.13. The first-order chi connectivity index (χ1) is 10.0. The summed E-state index contributed by atoms with van der Waals surface area (Å²) in [6.07, 6.45) is 9.71. The minimum absolute atomic E-state index is 0.397. The Labute approximate surface area is 137 Å². The van der Waals surface area contributed by atoms with Crippen LogP contribution in [0.25, 0.3) is 0 Å². The molecular weight excluding hydrogens is 272 g/mol. The van der Waals surface area contributed by atoms with E-state index in [2.05, 4.69) is 26.5 Å². The number of hydrogen-bond acceptors (Lipinski definition) is 2. The summed E-state index contributed by atoms with van der Waals surface area (Å²) < 4.78 is 0. The van der Waals surface area contributed by atoms with Crippen molar-refractivity contribution in [3.05, 3.63) is 23.8 Å². The third-order valence-electron chi connectivity index (χ3n) is 5.40. The quantitative estimate of drug-likeness (QED) is 0.704. The first kappa shape index (κ1) is 19.4. The van der Waals surface area contributed by atoms with Crippen LogP contribution >= 0.6 is 0 Å². The molecule has 2 nitrogen and oxygen atoms in total. The number of hydrogen-bond donors (Lipinski definition) is 2. The second kappa shape index (κ2) is 7.79. The van der Waals surface area contributed by atoms with E-state index >= 15 is 0 Å². The Bertz CT molecular complexity index is 388. The average Bonchev–Trinajstić information content (AvgIpc) is 2.38. The summed E-state index contributed by atoms with van der Waals surface area (Å²) in [6, 6.07) is 0. The summed E-state index contributed by atoms with van der Waals surface area (Å²) in [4.78, 5) is 0. The Morgan fingerprint density at radius 2 is 1.82 bits per heavy atom. The van der Waals surface area contributed by atoms with E-state index in [9.17, 15) is 10.2 Å². The monoisotopic (exact) mass is 308 g/mol. The van der Waals surface area contributed by atoms with Gasteiger partial charge in [-0.25, -0.2) is 0 Å². The molecule has 1 fully saturated rings. The predicted molar refractivity (Wildman–Crippen MR) is 94.8 cm³/mol. The standard InChI is InChI=1S/2C10H18O/c1-8-4-6-9(7-5-8)10(2,3)11;1-8(2)9-4-6-10(3,11)7-5-9/h4,9,11H,5-7H2,1-3H3;9,11H,1,4-7H2,2-3H3. The Morgan fingerprint density at radius 3 is 2.18 bits per heavy atom. The van der Waals surface area contributed by atoms with E-state index in [4.69, 9.17) is 0 Å². The molecule has 1 atom stereocenters. The van der Waals surface area contributed by atoms with Crippen LogP contribution in [0.15, 0.2) is 23.8 Å². The Hall–Kier alpha value is -0.600. The Balaban J connectivity index is 0.000000220. The van der Waals surface area contributed by atoms with Gasteiger partial charge in [-0.2, -0.15) is 0 Å². The molecule has 0 amide bonds. The lowest BCUT2D eigenvalue weighted by Gasteiger charge is -2.33. The van der Waals surface area contributed by atoms with Crippen LogP contribution in [0.2, 0.25) is 0 Å². The second-order valence-corrected chi connectivity index (χ2v) is 8.29. The van der Waals surface area contributed by atoms with E-state index in [0.717, 1.165) is 44.9 Å². The van der Waals surface area contributed by atoms with Crippen molar-refractivity contribution in [3.63, 3.8) is 0 Å². The lowest BCUT2D eigenvalue weighted by atomic mass is 9.77. The van der Waals surface area contributed by atoms with Crippen LogP contribution in [0.3, 0.4) is 0 Å². The zero-order valence-corrected chi connectivity index (χ0v) is 15.3. The normalized spacial score (nSPS) is 32.6. The fourth-order valence-corrected chi connectivity index (χ4v) is 3.34. The predicted octanol–water partition coefficient (Wildman–Crippen LogP) is 5.01. The highest BCUT2D eigenvalue weighted by atomic mass is 16.3. The van der Waals surface area contributed by atoms with Crippen molar-refractivity contribution in [1.82, 2.24) is 0 Å². The fourth-order valence-electron chi connectivity index (χ4n) is 3.34. The molecule has 2 aliphatic carbocycles. The van der Waals surface area contributed by atoms with Gasteiger partial charge in [0, 0.05) is 0 Å². The van der Waals surface area contributed by atoms with Crippen LogP contribution in [0.1, 0.15) is 79.6 Å². The van der Waals surface area contributed by atoms with Crippen molar-refractivity contribution < 1.29 is 10.2 Å². The molecule has 0 aliphatic heterocycles. The minimum Gasteiger partial charge on any atom is -0.390 e. The van der Waals surface area contributed by atoms with Gasteiger partial charge in [-0.3, -0.25) is 0 Å². The zero-order chi connectivity index (χ0) is 17.0. The van der Waals surface area contributed by atoms with E-state index < -0.39 is 11.2 Å². The van der Waals surface area contributed by atoms with Crippen molar-refractivity contribution >= 4 is 0 Å². The molecule has 2 rings (SSSR count). The zero-order valence-electron chi connectivity index (χ0n) is 15.3. The molecule has 128 valence electrons. The van der Waals surface area contributed by atoms with Crippen LogP contribution in [0.4, 0.5) is 0 Å². The molecular formula is C20H36O2. The van der Waals surface area contributed by atoms with Crippen molar-refractivity contribution in [3.8, 4) is 0 Å². The van der Waals surface area contributed by atoms with E-state index in [1.54, 1.807) is 0 Å². The van der Waals surface area contributed by atoms with Gasteiger partial charge < -0.3 is 10.2 Å². The maximum Gasteiger partial charge on any atom is 0.0622 e. The van der Waals surface area contributed by atoms with Gasteiger partial charge in [-0.1, -0.05) is 23.8 Å². The van der Waals surface area contributed by atoms with E-state index in [1.165, 1.54) is 11.1 Å². The average molecular weight is 309 g/mol. The van der Waals surface area contributed by atoms with Gasteiger partial charge in [0.25, 0.3) is 0 Å². The lowest BCUT2D eigenvalue weighted by Crippen LogP contribution is -2.31. The lowest BCUT2D eigenvalue weighted by molar-refractivity contribution is 0.0122. The summed E-state index contributed by atoms with van der Waals surface area (Å²) in [6.45, 7) is 14.0. The third-order valence-corrected chi connectivity index (χ3v) is 5.40. The number of aliphatic hydroxyl groups is 2. The van der Waals surface area contributed by atoms with Gasteiger partial charge >= 0.3 is 0 Å². The van der Waals surface area contributed by atoms with E-state index in [1.807, 2.05) is 20.8 Å². The van der Waals surface area contributed by atoms with Crippen LogP contribution in [-0.2, 0) is 0 Å². The van der Waals surface area contributed by atoms with Gasteiger partial charge in [0.2, 0.25) is 0 Å². The second-order valence-electron chi connectivity index (χ2n) is 8.29. The molecule has 0 aromatic rings. The van der Waals surface area contributed by atoms with E-state index in [-0.39, 0.29) is 0 Å². The van der Waals surface area contributed by atoms with Crippen molar-refractivity contribution in [2.45, 2.75) is 90.8 Å². The number of rotatable bonds is 2. The van der Waals surface area contributed by atoms with Crippen molar-refractivity contribution in [2.24, 2.45) is 11.8 Å². The molecule has 0 radical (unpaired) electrons. The highest BCUT2D eigenvalue weighted by molar-refractivity contribution is 5.05. The number of allylic oxidation sites excluding steroid dienone is 3. The highest BCUT2D eigenvalue weighted by Gasteiger charge is 2.28. The maximum atomic E-state index is 9.70. The first-order valence-corrected chi connectivity index (χ1v) is 8.77. The van der Waals surface area contributed by atoms with Crippen molar-refractivity contribution in [2.75, 3.05) is 0 Å². The molecule has 0 saturated heterocycles. The van der Waals surface area contributed by atoms with Gasteiger partial charge in [0.05, 0.1) is 11.2 Å². The summed E-state index contributed by atoms with van der Waals surface area (Å²) >= 11 is 0. The van der Waals surface area contributed by atoms with E-state index in [0.29, 0.717) is 11.8 Å². The summed E-state index contributed by atoms with van der Waals surface area (Å²) in [5, 5.41) is 19.3. The minimum atomic E-state index is -0.489. The smallest absolute Gasteiger partial charge is 0.0622 e. The Morgan fingerprint density at radius 1 is 1.27 bits per heavy atom. The SMILES string of the molecule is C=C(C)C1CCC(C)(O)CC1.CC1=CCC(C(C)(C)O)CC1. The van der Waals surface area contributed by atoms with Gasteiger partial charge in [-0.05, 0) is 91.4 Å². The molecule has 0 bridgehead atoms. The Kier molecular flexibility index (Phi) is 6.88. The van der Waals surface area contributed by atoms with Crippen LogP contribution in [0.5, 0.6) is 0 Å². The third kappa shape index (κ3) is 6.66. The maximum absolute atomic E-state index is 9.70. The topological polar surface area (TPSA) is 40.5 Å². The summed E-state index contributed by atoms with van der Waals surface area (Å²) in [5.41, 5.74) is 1.87. The molecule has 1 saturated carbocycles. The molecule has 2 heteroatoms. The molecule has 0 aromatic carbocycles. The molecule has 2 aliphatic rings. The largest absolute Gasteiger partial charge is 0.390 e. The molecule has 0 spiro atoms. The molecule has 22 heavy (non-hydrogen) atoms. The van der Waals surface area contributed by atoms with Gasteiger partial charge in [-0.15, -0.1) is 0 Å². The molecule has 0 aromatic heterocycles.